The first-order valence-electron chi connectivity index (χ1n) is 8.52. The highest BCUT2D eigenvalue weighted by molar-refractivity contribution is 7.89. The minimum absolute atomic E-state index is 0.00369. The van der Waals surface area contributed by atoms with E-state index in [1.807, 2.05) is 4.90 Å². The largest absolute Gasteiger partial charge is 0.417 e. The number of hydrogen-bond donors (Lipinski definition) is 1. The minimum Gasteiger partial charge on any atom is -0.369 e. The number of rotatable bonds is 4. The van der Waals surface area contributed by atoms with Gasteiger partial charge < -0.3 is 10.6 Å². The fourth-order valence-corrected chi connectivity index (χ4v) is 5.00. The number of nitrogens with two attached hydrogens (primary N) is 1. The number of anilines is 1. The summed E-state index contributed by atoms with van der Waals surface area (Å²) in [6, 6.07) is 8.99. The van der Waals surface area contributed by atoms with Crippen molar-refractivity contribution in [2.75, 3.05) is 31.1 Å². The van der Waals surface area contributed by atoms with Crippen molar-refractivity contribution in [2.24, 2.45) is 5.73 Å². The van der Waals surface area contributed by atoms with Crippen LogP contribution < -0.4 is 10.6 Å². The van der Waals surface area contributed by atoms with E-state index in [-0.39, 0.29) is 31.2 Å². The molecule has 1 amide bonds. The molecular formula is C18H17ClF3N3O3S. The SMILES string of the molecule is NC(=O)c1ccc(N2CCN(S(=O)(=O)c3cc(Cl)ccc3C(F)(F)F)CC2)cc1. The Morgan fingerprint density at radius 1 is 1.00 bits per heavy atom. The first-order chi connectivity index (χ1) is 13.5. The standard InChI is InChI=1S/C18H17ClF3N3O3S/c19-13-3-6-15(18(20,21)22)16(11-13)29(27,28)25-9-7-24(8-10-25)14-4-1-12(2-5-14)17(23)26/h1-6,11H,7-10H2,(H2,23,26). The quantitative estimate of drug-likeness (QED) is 0.781. The Morgan fingerprint density at radius 3 is 2.10 bits per heavy atom. The van der Waals surface area contributed by atoms with E-state index in [4.69, 9.17) is 17.3 Å². The molecule has 2 aromatic carbocycles. The zero-order valence-corrected chi connectivity index (χ0v) is 16.6. The summed E-state index contributed by atoms with van der Waals surface area (Å²) in [4.78, 5) is 12.2. The van der Waals surface area contributed by atoms with E-state index in [1.54, 1.807) is 24.3 Å². The molecule has 0 saturated carbocycles. The van der Waals surface area contributed by atoms with Crippen LogP contribution in [0.25, 0.3) is 0 Å². The number of piperazine rings is 1. The smallest absolute Gasteiger partial charge is 0.369 e. The number of carbonyl (C=O) groups excluding carboxylic acids is 1. The number of halogens is 4. The van der Waals surface area contributed by atoms with Crippen molar-refractivity contribution in [3.63, 3.8) is 0 Å². The van der Waals surface area contributed by atoms with Crippen LogP contribution in [-0.4, -0.2) is 44.8 Å². The molecule has 2 aromatic rings. The van der Waals surface area contributed by atoms with Gasteiger partial charge >= 0.3 is 6.18 Å². The summed E-state index contributed by atoms with van der Waals surface area (Å²) in [5.41, 5.74) is 5.06. The maximum Gasteiger partial charge on any atom is 0.417 e. The van der Waals surface area contributed by atoms with Crippen LogP contribution in [0.1, 0.15) is 15.9 Å². The van der Waals surface area contributed by atoms with Crippen LogP contribution >= 0.6 is 11.6 Å². The van der Waals surface area contributed by atoms with E-state index in [2.05, 4.69) is 0 Å². The van der Waals surface area contributed by atoms with E-state index < -0.39 is 32.6 Å². The molecule has 0 bridgehead atoms. The molecule has 0 unspecified atom stereocenters. The zero-order valence-electron chi connectivity index (χ0n) is 15.0. The number of nitrogens with zero attached hydrogens (tertiary/aromatic N) is 2. The summed E-state index contributed by atoms with van der Waals surface area (Å²) in [6.45, 7) is 0.557. The first-order valence-corrected chi connectivity index (χ1v) is 10.3. The lowest BCUT2D eigenvalue weighted by Gasteiger charge is -2.35. The lowest BCUT2D eigenvalue weighted by Crippen LogP contribution is -2.49. The second-order valence-corrected chi connectivity index (χ2v) is 8.78. The lowest BCUT2D eigenvalue weighted by molar-refractivity contribution is -0.139. The van der Waals surface area contributed by atoms with Crippen molar-refractivity contribution in [1.29, 1.82) is 0 Å². The summed E-state index contributed by atoms with van der Waals surface area (Å²) in [7, 11) is -4.38. The monoisotopic (exact) mass is 447 g/mol. The summed E-state index contributed by atoms with van der Waals surface area (Å²) >= 11 is 5.76. The molecule has 0 atom stereocenters. The van der Waals surface area contributed by atoms with Gasteiger partial charge in [-0.05, 0) is 42.5 Å². The predicted molar refractivity (Wildman–Crippen MR) is 102 cm³/mol. The molecule has 2 N–H and O–H groups in total. The molecule has 0 aromatic heterocycles. The molecule has 0 radical (unpaired) electrons. The second-order valence-electron chi connectivity index (χ2n) is 6.44. The van der Waals surface area contributed by atoms with Crippen LogP contribution in [0.4, 0.5) is 18.9 Å². The molecular weight excluding hydrogens is 431 g/mol. The van der Waals surface area contributed by atoms with Gasteiger partial charge in [0.15, 0.2) is 0 Å². The topological polar surface area (TPSA) is 83.7 Å². The molecule has 6 nitrogen and oxygen atoms in total. The fourth-order valence-electron chi connectivity index (χ4n) is 3.11. The van der Waals surface area contributed by atoms with Crippen LogP contribution in [0.3, 0.4) is 0 Å². The third kappa shape index (κ3) is 4.49. The van der Waals surface area contributed by atoms with Gasteiger partial charge in [0, 0.05) is 42.5 Å². The van der Waals surface area contributed by atoms with Gasteiger partial charge in [-0.15, -0.1) is 0 Å². The molecule has 11 heteroatoms. The molecule has 3 rings (SSSR count). The molecule has 156 valence electrons. The highest BCUT2D eigenvalue weighted by atomic mass is 35.5. The van der Waals surface area contributed by atoms with Gasteiger partial charge in [0.05, 0.1) is 10.5 Å². The average molecular weight is 448 g/mol. The van der Waals surface area contributed by atoms with Crippen molar-refractivity contribution < 1.29 is 26.4 Å². The van der Waals surface area contributed by atoms with Gasteiger partial charge in [-0.2, -0.15) is 17.5 Å². The van der Waals surface area contributed by atoms with Gasteiger partial charge in [0.1, 0.15) is 0 Å². The Morgan fingerprint density at radius 2 is 1.59 bits per heavy atom. The molecule has 0 aliphatic carbocycles. The van der Waals surface area contributed by atoms with Crippen molar-refractivity contribution in [1.82, 2.24) is 4.31 Å². The van der Waals surface area contributed by atoms with E-state index in [0.717, 1.165) is 22.1 Å². The molecule has 1 aliphatic rings. The van der Waals surface area contributed by atoms with E-state index in [1.165, 1.54) is 0 Å². The number of hydrogen-bond acceptors (Lipinski definition) is 4. The number of carbonyl (C=O) groups is 1. The Balaban J connectivity index is 1.80. The average Bonchev–Trinajstić information content (AvgIpc) is 2.67. The number of alkyl halides is 3. The summed E-state index contributed by atoms with van der Waals surface area (Å²) in [5, 5.41) is -0.0928. The summed E-state index contributed by atoms with van der Waals surface area (Å²) in [6.07, 6.45) is -4.82. The normalized spacial score (nSPS) is 16.1. The number of amides is 1. The zero-order chi connectivity index (χ0) is 21.4. The highest BCUT2D eigenvalue weighted by Gasteiger charge is 2.40. The Labute approximate surface area is 170 Å². The molecule has 1 heterocycles. The second kappa shape index (κ2) is 7.85. The van der Waals surface area contributed by atoms with Crippen molar-refractivity contribution >= 4 is 33.2 Å². The summed E-state index contributed by atoms with van der Waals surface area (Å²) < 4.78 is 66.6. The number of sulfonamides is 1. The van der Waals surface area contributed by atoms with Gasteiger partial charge in [0.25, 0.3) is 0 Å². The van der Waals surface area contributed by atoms with Crippen molar-refractivity contribution in [3.8, 4) is 0 Å². The Bertz CT molecular complexity index is 1020. The van der Waals surface area contributed by atoms with Crippen LogP contribution in [0.2, 0.25) is 5.02 Å². The Kier molecular flexibility index (Phi) is 5.79. The van der Waals surface area contributed by atoms with E-state index in [9.17, 15) is 26.4 Å². The van der Waals surface area contributed by atoms with Crippen molar-refractivity contribution in [3.05, 3.63) is 58.6 Å². The lowest BCUT2D eigenvalue weighted by atomic mass is 10.2. The van der Waals surface area contributed by atoms with Crippen molar-refractivity contribution in [2.45, 2.75) is 11.1 Å². The van der Waals surface area contributed by atoms with Crippen LogP contribution in [0.15, 0.2) is 47.4 Å². The van der Waals surface area contributed by atoms with Gasteiger partial charge in [-0.1, -0.05) is 11.6 Å². The third-order valence-corrected chi connectivity index (χ3v) is 6.80. The molecule has 29 heavy (non-hydrogen) atoms. The van der Waals surface area contributed by atoms with E-state index in [0.29, 0.717) is 11.6 Å². The Hall–Kier alpha value is -2.30. The summed E-state index contributed by atoms with van der Waals surface area (Å²) in [5.74, 6) is -0.561. The predicted octanol–water partition coefficient (Wildman–Crippen LogP) is 2.97. The van der Waals surface area contributed by atoms with Gasteiger partial charge in [-0.3, -0.25) is 4.79 Å². The van der Waals surface area contributed by atoms with Crippen LogP contribution in [0, 0.1) is 0 Å². The van der Waals surface area contributed by atoms with E-state index >= 15 is 0 Å². The number of primary amides is 1. The maximum atomic E-state index is 13.3. The van der Waals surface area contributed by atoms with Gasteiger partial charge in [-0.25, -0.2) is 8.42 Å². The fraction of sp³-hybridized carbons (Fsp3) is 0.278. The highest BCUT2D eigenvalue weighted by Crippen LogP contribution is 2.37. The molecule has 0 spiro atoms. The first kappa shape index (κ1) is 21.4. The molecule has 1 fully saturated rings. The van der Waals surface area contributed by atoms with Crippen LogP contribution in [0.5, 0.6) is 0 Å². The maximum absolute atomic E-state index is 13.3. The molecule has 1 aliphatic heterocycles. The van der Waals surface area contributed by atoms with Crippen LogP contribution in [-0.2, 0) is 16.2 Å². The third-order valence-electron chi connectivity index (χ3n) is 4.62. The molecule has 1 saturated heterocycles. The minimum atomic E-state index is -4.82. The number of benzene rings is 2. The van der Waals surface area contributed by atoms with Gasteiger partial charge in [0.2, 0.25) is 15.9 Å².